The number of rotatable bonds is 1. The number of pyridine rings is 2. The molecule has 0 aliphatic heterocycles. The van der Waals surface area contributed by atoms with Gasteiger partial charge in [-0.25, -0.2) is 0 Å². The zero-order valence-electron chi connectivity index (χ0n) is 11.4. The largest absolute Gasteiger partial charge is 0.495 e. The van der Waals surface area contributed by atoms with Crippen LogP contribution in [0.4, 0.5) is 0 Å². The van der Waals surface area contributed by atoms with E-state index in [1.807, 2.05) is 19.1 Å². The van der Waals surface area contributed by atoms with Gasteiger partial charge in [-0.2, -0.15) is 0 Å². The fourth-order valence-corrected chi connectivity index (χ4v) is 2.94. The first-order chi connectivity index (χ1) is 9.56. The number of hydrogen-bond donors (Lipinski definition) is 0. The van der Waals surface area contributed by atoms with Gasteiger partial charge < -0.3 is 9.30 Å². The van der Waals surface area contributed by atoms with Crippen molar-refractivity contribution in [2.24, 2.45) is 7.05 Å². The average molecular weight is 289 g/mol. The summed E-state index contributed by atoms with van der Waals surface area (Å²) in [4.78, 5) is 16.8. The topological polar surface area (TPSA) is 44.1 Å². The quantitative estimate of drug-likeness (QED) is 0.647. The maximum absolute atomic E-state index is 12.6. The van der Waals surface area contributed by atoms with Crippen LogP contribution in [0.25, 0.3) is 21.7 Å². The summed E-state index contributed by atoms with van der Waals surface area (Å²) in [6.45, 7) is 1.89. The van der Waals surface area contributed by atoms with Crippen LogP contribution < -0.4 is 10.3 Å². The molecule has 0 N–H and O–H groups in total. The van der Waals surface area contributed by atoms with Crippen LogP contribution in [-0.2, 0) is 7.05 Å². The number of ether oxygens (including phenoxy) is 1. The molecule has 0 bridgehead atoms. The van der Waals surface area contributed by atoms with E-state index in [4.69, 9.17) is 16.3 Å². The van der Waals surface area contributed by atoms with E-state index in [1.54, 1.807) is 23.9 Å². The first kappa shape index (κ1) is 12.9. The number of benzene rings is 1. The first-order valence-electron chi connectivity index (χ1n) is 6.16. The van der Waals surface area contributed by atoms with Gasteiger partial charge in [0.1, 0.15) is 5.75 Å². The molecular weight excluding hydrogens is 276 g/mol. The lowest BCUT2D eigenvalue weighted by atomic mass is 10.1. The van der Waals surface area contributed by atoms with Crippen molar-refractivity contribution in [3.05, 3.63) is 45.5 Å². The Morgan fingerprint density at radius 3 is 2.70 bits per heavy atom. The Balaban J connectivity index is 2.68. The molecule has 0 saturated heterocycles. The van der Waals surface area contributed by atoms with Gasteiger partial charge in [0.05, 0.1) is 28.7 Å². The molecule has 2 aromatic heterocycles. The summed E-state index contributed by atoms with van der Waals surface area (Å²) < 4.78 is 6.78. The van der Waals surface area contributed by atoms with E-state index in [0.29, 0.717) is 16.2 Å². The number of fused-ring (bicyclic) bond motifs is 3. The Bertz CT molecular complexity index is 900. The van der Waals surface area contributed by atoms with E-state index in [0.717, 1.165) is 22.0 Å². The lowest BCUT2D eigenvalue weighted by Gasteiger charge is -2.13. The predicted molar refractivity (Wildman–Crippen MR) is 80.8 cm³/mol. The standard InChI is InChI=1S/C15H13ClN2O2/c1-8-14-10(6-7-17-8)9-4-5-11(20-3)13(16)12(9)15(19)18(14)2/h4-7H,1-3H3. The monoisotopic (exact) mass is 288 g/mol. The fraction of sp³-hybridized carbons (Fsp3) is 0.200. The van der Waals surface area contributed by atoms with Crippen molar-refractivity contribution < 1.29 is 4.74 Å². The highest BCUT2D eigenvalue weighted by atomic mass is 35.5. The summed E-state index contributed by atoms with van der Waals surface area (Å²) in [5.41, 5.74) is 1.50. The van der Waals surface area contributed by atoms with Gasteiger partial charge in [0.25, 0.3) is 5.56 Å². The van der Waals surface area contributed by atoms with Crippen molar-refractivity contribution in [3.63, 3.8) is 0 Å². The minimum absolute atomic E-state index is 0.146. The molecule has 3 rings (SSSR count). The minimum Gasteiger partial charge on any atom is -0.495 e. The maximum Gasteiger partial charge on any atom is 0.260 e. The molecular formula is C15H13ClN2O2. The van der Waals surface area contributed by atoms with Crippen LogP contribution in [0.5, 0.6) is 5.75 Å². The maximum atomic E-state index is 12.6. The number of aromatic nitrogens is 2. The summed E-state index contributed by atoms with van der Waals surface area (Å²) in [5, 5.41) is 2.60. The molecule has 0 fully saturated rings. The van der Waals surface area contributed by atoms with Gasteiger partial charge in [0.15, 0.2) is 0 Å². The molecule has 0 radical (unpaired) electrons. The second kappa shape index (κ2) is 4.49. The highest BCUT2D eigenvalue weighted by Gasteiger charge is 2.15. The smallest absolute Gasteiger partial charge is 0.260 e. The second-order valence-corrected chi connectivity index (χ2v) is 5.04. The highest BCUT2D eigenvalue weighted by Crippen LogP contribution is 2.34. The van der Waals surface area contributed by atoms with Crippen molar-refractivity contribution >= 4 is 33.3 Å². The highest BCUT2D eigenvalue weighted by molar-refractivity contribution is 6.37. The number of nitrogens with zero attached hydrogens (tertiary/aromatic N) is 2. The van der Waals surface area contributed by atoms with E-state index in [1.165, 1.54) is 7.11 Å². The molecule has 0 aliphatic carbocycles. The summed E-state index contributed by atoms with van der Waals surface area (Å²) in [5.74, 6) is 0.501. The van der Waals surface area contributed by atoms with E-state index in [-0.39, 0.29) is 5.56 Å². The van der Waals surface area contributed by atoms with Gasteiger partial charge in [0, 0.05) is 18.6 Å². The van der Waals surface area contributed by atoms with Crippen LogP contribution >= 0.6 is 11.6 Å². The summed E-state index contributed by atoms with van der Waals surface area (Å²) in [7, 11) is 3.27. The van der Waals surface area contributed by atoms with Crippen LogP contribution in [0.2, 0.25) is 5.02 Å². The second-order valence-electron chi connectivity index (χ2n) is 4.66. The molecule has 4 nitrogen and oxygen atoms in total. The molecule has 5 heteroatoms. The first-order valence-corrected chi connectivity index (χ1v) is 6.54. The summed E-state index contributed by atoms with van der Waals surface area (Å²) in [6, 6.07) is 5.54. The molecule has 0 unspecified atom stereocenters. The molecule has 1 aromatic carbocycles. The molecule has 0 aliphatic rings. The zero-order chi connectivity index (χ0) is 14.4. The van der Waals surface area contributed by atoms with E-state index < -0.39 is 0 Å². The van der Waals surface area contributed by atoms with Gasteiger partial charge in [-0.05, 0) is 30.5 Å². The zero-order valence-corrected chi connectivity index (χ0v) is 12.2. The molecule has 0 amide bonds. The molecule has 0 saturated carbocycles. The Labute approximate surface area is 120 Å². The lowest BCUT2D eigenvalue weighted by Crippen LogP contribution is -2.18. The van der Waals surface area contributed by atoms with E-state index >= 15 is 0 Å². The summed E-state index contributed by atoms with van der Waals surface area (Å²) in [6.07, 6.45) is 1.74. The lowest BCUT2D eigenvalue weighted by molar-refractivity contribution is 0.415. The Kier molecular flexibility index (Phi) is 2.91. The van der Waals surface area contributed by atoms with Gasteiger partial charge in [-0.3, -0.25) is 9.78 Å². The van der Waals surface area contributed by atoms with Crippen LogP contribution in [0.1, 0.15) is 5.69 Å². The van der Waals surface area contributed by atoms with Crippen LogP contribution in [0.3, 0.4) is 0 Å². The molecule has 0 spiro atoms. The fourth-order valence-electron chi connectivity index (χ4n) is 2.62. The van der Waals surface area contributed by atoms with Crippen LogP contribution in [0, 0.1) is 6.92 Å². The summed E-state index contributed by atoms with van der Waals surface area (Å²) >= 11 is 6.31. The normalized spacial score (nSPS) is 11.2. The third-order valence-electron chi connectivity index (χ3n) is 3.58. The third kappa shape index (κ3) is 1.61. The van der Waals surface area contributed by atoms with Crippen LogP contribution in [-0.4, -0.2) is 16.7 Å². The van der Waals surface area contributed by atoms with Crippen molar-refractivity contribution in [2.75, 3.05) is 7.11 Å². The number of aryl methyl sites for hydroxylation is 2. The van der Waals surface area contributed by atoms with Gasteiger partial charge >= 0.3 is 0 Å². The van der Waals surface area contributed by atoms with E-state index in [2.05, 4.69) is 4.98 Å². The Hall–Kier alpha value is -2.07. The van der Waals surface area contributed by atoms with Gasteiger partial charge in [-0.15, -0.1) is 0 Å². The molecule has 20 heavy (non-hydrogen) atoms. The van der Waals surface area contributed by atoms with Crippen molar-refractivity contribution in [2.45, 2.75) is 6.92 Å². The Morgan fingerprint density at radius 1 is 1.25 bits per heavy atom. The molecule has 102 valence electrons. The predicted octanol–water partition coefficient (Wildman–Crippen LogP) is 3.06. The van der Waals surface area contributed by atoms with Crippen LogP contribution in [0.15, 0.2) is 29.2 Å². The van der Waals surface area contributed by atoms with Crippen molar-refractivity contribution in [1.82, 2.24) is 9.55 Å². The van der Waals surface area contributed by atoms with Crippen molar-refractivity contribution in [3.8, 4) is 5.75 Å². The minimum atomic E-state index is -0.146. The van der Waals surface area contributed by atoms with Crippen molar-refractivity contribution in [1.29, 1.82) is 0 Å². The van der Waals surface area contributed by atoms with Gasteiger partial charge in [-0.1, -0.05) is 11.6 Å². The number of halogens is 1. The molecule has 0 atom stereocenters. The SMILES string of the molecule is COc1ccc2c(c1Cl)c(=O)n(C)c1c(C)nccc21. The Morgan fingerprint density at radius 2 is 2.00 bits per heavy atom. The van der Waals surface area contributed by atoms with Gasteiger partial charge in [0.2, 0.25) is 0 Å². The number of hydrogen-bond acceptors (Lipinski definition) is 3. The number of methoxy groups -OCH3 is 1. The molecule has 2 heterocycles. The van der Waals surface area contributed by atoms with E-state index in [9.17, 15) is 4.79 Å². The third-order valence-corrected chi connectivity index (χ3v) is 3.95. The molecule has 3 aromatic rings. The average Bonchev–Trinajstić information content (AvgIpc) is 2.44.